The van der Waals surface area contributed by atoms with Gasteiger partial charge < -0.3 is 5.73 Å². The van der Waals surface area contributed by atoms with Crippen molar-refractivity contribution in [1.29, 1.82) is 0 Å². The van der Waals surface area contributed by atoms with Gasteiger partial charge in [-0.05, 0) is 11.5 Å². The predicted molar refractivity (Wildman–Crippen MR) is 82.1 cm³/mol. The van der Waals surface area contributed by atoms with Gasteiger partial charge in [0.2, 0.25) is 0 Å². The molecule has 2 aromatic carbocycles. The molecular weight excluding hydrogens is 374 g/mol. The number of nitrogens with two attached hydrogens (primary N) is 1. The average molecular weight is 383 g/mol. The smallest absolute Gasteiger partial charge is 0.184 e. The van der Waals surface area contributed by atoms with Crippen molar-refractivity contribution in [3.05, 3.63) is 41.5 Å². The maximum atomic E-state index is 12.2. The van der Waals surface area contributed by atoms with E-state index >= 15 is 0 Å². The summed E-state index contributed by atoms with van der Waals surface area (Å²) in [4.78, 5) is 22.9. The first-order valence-corrected chi connectivity index (χ1v) is 7.52. The number of fused-ring (bicyclic) bond motifs is 2. The number of ketones is 2. The number of halogens is 2. The third-order valence-electron chi connectivity index (χ3n) is 3.38. The number of rotatable bonds is 0. The van der Waals surface area contributed by atoms with Gasteiger partial charge >= 0.3 is 0 Å². The fourth-order valence-corrected chi connectivity index (χ4v) is 4.03. The van der Waals surface area contributed by atoms with Crippen LogP contribution in [0.2, 0.25) is 0 Å². The molecule has 2 aromatic rings. The fourth-order valence-electron chi connectivity index (χ4n) is 2.40. The monoisotopic (exact) mass is 381 g/mol. The van der Waals surface area contributed by atoms with Crippen molar-refractivity contribution in [2.45, 2.75) is 9.65 Å². The molecule has 3 nitrogen and oxygen atoms in total. The maximum Gasteiger partial charge on any atom is 0.184 e. The summed E-state index contributed by atoms with van der Waals surface area (Å²) in [7, 11) is 0. The minimum absolute atomic E-state index is 0.209. The zero-order chi connectivity index (χ0) is 13.7. The normalized spacial score (nSPS) is 22.6. The highest BCUT2D eigenvalue weighted by molar-refractivity contribution is 9.10. The van der Waals surface area contributed by atoms with Gasteiger partial charge in [0.05, 0.1) is 0 Å². The van der Waals surface area contributed by atoms with Crippen LogP contribution < -0.4 is 5.73 Å². The topological polar surface area (TPSA) is 60.2 Å². The molecule has 0 radical (unpaired) electrons. The van der Waals surface area contributed by atoms with Crippen LogP contribution in [0.15, 0.2) is 30.3 Å². The van der Waals surface area contributed by atoms with Crippen LogP contribution in [0.1, 0.15) is 20.7 Å². The number of hydrogen-bond donors (Lipinski definition) is 1. The van der Waals surface area contributed by atoms with E-state index in [1.54, 1.807) is 6.07 Å². The summed E-state index contributed by atoms with van der Waals surface area (Å²) in [6, 6.07) is 9.37. The molecule has 1 aliphatic rings. The first-order chi connectivity index (χ1) is 9.02. The molecule has 0 saturated heterocycles. The van der Waals surface area contributed by atoms with Crippen molar-refractivity contribution in [1.82, 2.24) is 0 Å². The molecule has 96 valence electrons. The number of alkyl halides is 2. The minimum atomic E-state index is -0.801. The molecule has 0 spiro atoms. The molecule has 2 atom stereocenters. The fraction of sp³-hybridized carbons (Fsp3) is 0.143. The first-order valence-electron chi connectivity index (χ1n) is 5.69. The molecule has 0 bridgehead atoms. The molecule has 0 aromatic heterocycles. The van der Waals surface area contributed by atoms with Crippen LogP contribution >= 0.6 is 31.9 Å². The van der Waals surface area contributed by atoms with E-state index in [1.165, 1.54) is 0 Å². The molecule has 0 amide bonds. The van der Waals surface area contributed by atoms with Gasteiger partial charge in [-0.25, -0.2) is 0 Å². The van der Waals surface area contributed by atoms with E-state index in [1.807, 2.05) is 24.3 Å². The number of carbonyl (C=O) groups is 2. The summed E-state index contributed by atoms with van der Waals surface area (Å²) < 4.78 is 0. The van der Waals surface area contributed by atoms with Gasteiger partial charge in [-0.1, -0.05) is 56.1 Å². The number of benzene rings is 2. The van der Waals surface area contributed by atoms with Gasteiger partial charge in [-0.3, -0.25) is 9.59 Å². The lowest BCUT2D eigenvalue weighted by Crippen LogP contribution is -2.34. The van der Waals surface area contributed by atoms with Crippen LogP contribution in [-0.2, 0) is 4.79 Å². The molecule has 0 saturated carbocycles. The summed E-state index contributed by atoms with van der Waals surface area (Å²) in [5, 5.41) is 1.76. The average Bonchev–Trinajstić information content (AvgIpc) is 2.43. The molecule has 0 heterocycles. The summed E-state index contributed by atoms with van der Waals surface area (Å²) in [5.74, 6) is -0.437. The van der Waals surface area contributed by atoms with Crippen LogP contribution in [0.25, 0.3) is 10.8 Å². The Morgan fingerprint density at radius 2 is 1.74 bits per heavy atom. The van der Waals surface area contributed by atoms with Crippen LogP contribution in [0.3, 0.4) is 0 Å². The molecule has 0 aliphatic heterocycles. The van der Waals surface area contributed by atoms with Gasteiger partial charge in [0.15, 0.2) is 11.6 Å². The van der Waals surface area contributed by atoms with Crippen LogP contribution in [0.4, 0.5) is 5.69 Å². The lowest BCUT2D eigenvalue weighted by Gasteiger charge is -2.25. The van der Waals surface area contributed by atoms with E-state index in [2.05, 4.69) is 31.9 Å². The van der Waals surface area contributed by atoms with Crippen molar-refractivity contribution in [2.24, 2.45) is 0 Å². The van der Waals surface area contributed by atoms with Gasteiger partial charge in [-0.15, -0.1) is 0 Å². The van der Waals surface area contributed by atoms with Crippen molar-refractivity contribution >= 4 is 59.9 Å². The Morgan fingerprint density at radius 1 is 1.05 bits per heavy atom. The Kier molecular flexibility index (Phi) is 2.98. The number of carbonyl (C=O) groups excluding carboxylic acids is 2. The second kappa shape index (κ2) is 4.42. The zero-order valence-corrected chi connectivity index (χ0v) is 12.9. The van der Waals surface area contributed by atoms with Crippen LogP contribution in [0, 0.1) is 0 Å². The standard InChI is InChI=1S/C14H9Br2NO2/c15-10-9-8(13(18)11(16)14(10)19)5-6-3-1-2-4-7(6)12(9)17/h1-5,10-11H,17H2. The summed E-state index contributed by atoms with van der Waals surface area (Å²) in [5.41, 5.74) is 7.75. The van der Waals surface area contributed by atoms with Crippen LogP contribution in [-0.4, -0.2) is 16.4 Å². The molecule has 19 heavy (non-hydrogen) atoms. The summed E-state index contributed by atoms with van der Waals surface area (Å²) in [6.07, 6.45) is 0. The molecule has 3 rings (SSSR count). The molecule has 2 N–H and O–H groups in total. The van der Waals surface area contributed by atoms with E-state index in [4.69, 9.17) is 5.73 Å². The zero-order valence-electron chi connectivity index (χ0n) is 9.69. The lowest BCUT2D eigenvalue weighted by atomic mass is 9.86. The lowest BCUT2D eigenvalue weighted by molar-refractivity contribution is -0.117. The second-order valence-corrected chi connectivity index (χ2v) is 6.30. The third kappa shape index (κ3) is 1.75. The van der Waals surface area contributed by atoms with Gasteiger partial charge in [0.25, 0.3) is 0 Å². The van der Waals surface area contributed by atoms with Gasteiger partial charge in [0, 0.05) is 22.2 Å². The highest BCUT2D eigenvalue weighted by atomic mass is 79.9. The Bertz CT molecular complexity index is 727. The molecule has 5 heteroatoms. The van der Waals surface area contributed by atoms with Crippen molar-refractivity contribution in [2.75, 3.05) is 5.73 Å². The molecule has 1 aliphatic carbocycles. The Labute approximate surface area is 126 Å². The van der Waals surface area contributed by atoms with E-state index in [9.17, 15) is 9.59 Å². The molecule has 2 unspecified atom stereocenters. The highest BCUT2D eigenvalue weighted by Crippen LogP contribution is 2.42. The van der Waals surface area contributed by atoms with Gasteiger partial charge in [0.1, 0.15) is 9.65 Å². The quantitative estimate of drug-likeness (QED) is 0.431. The Hall–Kier alpha value is -1.20. The second-order valence-electron chi connectivity index (χ2n) is 4.46. The largest absolute Gasteiger partial charge is 0.398 e. The van der Waals surface area contributed by atoms with Crippen molar-refractivity contribution in [3.8, 4) is 0 Å². The number of nitrogen functional groups attached to an aromatic ring is 1. The van der Waals surface area contributed by atoms with Crippen molar-refractivity contribution < 1.29 is 9.59 Å². The van der Waals surface area contributed by atoms with E-state index < -0.39 is 9.65 Å². The minimum Gasteiger partial charge on any atom is -0.398 e. The first kappa shape index (κ1) is 12.8. The molecule has 0 fully saturated rings. The number of Topliss-reactive ketones (excluding diaryl/α,β-unsaturated/α-hetero) is 2. The summed E-state index contributed by atoms with van der Waals surface area (Å²) >= 11 is 6.49. The van der Waals surface area contributed by atoms with Gasteiger partial charge in [-0.2, -0.15) is 0 Å². The van der Waals surface area contributed by atoms with Crippen LogP contribution in [0.5, 0.6) is 0 Å². The Morgan fingerprint density at radius 3 is 2.47 bits per heavy atom. The molecular formula is C14H9Br2NO2. The number of anilines is 1. The maximum absolute atomic E-state index is 12.2. The van der Waals surface area contributed by atoms with Crippen molar-refractivity contribution in [3.63, 3.8) is 0 Å². The summed E-state index contributed by atoms with van der Waals surface area (Å²) in [6.45, 7) is 0. The highest BCUT2D eigenvalue weighted by Gasteiger charge is 2.40. The SMILES string of the molecule is Nc1c2c(cc3ccccc13)C(=O)C(Br)C(=O)C2Br. The predicted octanol–water partition coefficient (Wildman–Crippen LogP) is 3.39. The van der Waals surface area contributed by atoms with E-state index in [-0.39, 0.29) is 11.6 Å². The van der Waals surface area contributed by atoms with E-state index in [0.717, 1.165) is 10.8 Å². The number of hydrogen-bond acceptors (Lipinski definition) is 3. The van der Waals surface area contributed by atoms with E-state index in [0.29, 0.717) is 16.8 Å². The third-order valence-corrected chi connectivity index (χ3v) is 5.16. The Balaban J connectivity index is 2.41.